The molecule has 2 N–H and O–H groups in total. The van der Waals surface area contributed by atoms with Gasteiger partial charge in [0.2, 0.25) is 5.13 Å². The maximum atomic E-state index is 12.4. The molecule has 1 atom stereocenters. The Morgan fingerprint density at radius 2 is 2.25 bits per heavy atom. The third kappa shape index (κ3) is 4.12. The van der Waals surface area contributed by atoms with Crippen LogP contribution in [-0.4, -0.2) is 45.2 Å². The number of nitrogens with one attached hydrogen (secondary N) is 2. The molecule has 0 radical (unpaired) electrons. The number of aromatic nitrogens is 4. The highest BCUT2D eigenvalue weighted by atomic mass is 32.2. The molecule has 148 valence electrons. The van der Waals surface area contributed by atoms with Crippen LogP contribution < -0.4 is 10.9 Å². The van der Waals surface area contributed by atoms with Crippen molar-refractivity contribution in [3.63, 3.8) is 0 Å². The molecule has 1 fully saturated rings. The van der Waals surface area contributed by atoms with Crippen molar-refractivity contribution in [1.82, 2.24) is 20.2 Å². The Bertz CT molecular complexity index is 1070. The third-order valence-corrected chi connectivity index (χ3v) is 7.73. The van der Waals surface area contributed by atoms with Crippen LogP contribution in [0.1, 0.15) is 40.8 Å². The van der Waals surface area contributed by atoms with Crippen molar-refractivity contribution >= 4 is 55.6 Å². The van der Waals surface area contributed by atoms with E-state index in [1.165, 1.54) is 41.4 Å². The van der Waals surface area contributed by atoms with Crippen molar-refractivity contribution < 1.29 is 9.53 Å². The van der Waals surface area contributed by atoms with Crippen LogP contribution in [0.4, 0.5) is 5.13 Å². The van der Waals surface area contributed by atoms with E-state index in [9.17, 15) is 9.59 Å². The molecule has 0 spiro atoms. The van der Waals surface area contributed by atoms with Gasteiger partial charge in [0.1, 0.15) is 10.7 Å². The fourth-order valence-electron chi connectivity index (χ4n) is 3.07. The topological polar surface area (TPSA) is 110 Å². The van der Waals surface area contributed by atoms with Crippen LogP contribution in [0.5, 0.6) is 0 Å². The monoisotopic (exact) mass is 437 g/mol. The summed E-state index contributed by atoms with van der Waals surface area (Å²) < 4.78 is 6.38. The van der Waals surface area contributed by atoms with Gasteiger partial charge in [0.05, 0.1) is 22.1 Å². The van der Waals surface area contributed by atoms with E-state index >= 15 is 0 Å². The van der Waals surface area contributed by atoms with E-state index in [2.05, 4.69) is 25.5 Å². The van der Waals surface area contributed by atoms with E-state index in [4.69, 9.17) is 4.74 Å². The summed E-state index contributed by atoms with van der Waals surface area (Å²) in [5.74, 6) is 0.980. The summed E-state index contributed by atoms with van der Waals surface area (Å²) in [6, 6.07) is 0. The van der Waals surface area contributed by atoms with Gasteiger partial charge in [-0.3, -0.25) is 9.59 Å². The Labute approximate surface area is 173 Å². The quantitative estimate of drug-likeness (QED) is 0.428. The van der Waals surface area contributed by atoms with Crippen molar-refractivity contribution in [3.8, 4) is 0 Å². The lowest BCUT2D eigenvalue weighted by atomic mass is 10.2. The van der Waals surface area contributed by atoms with E-state index in [0.29, 0.717) is 32.2 Å². The first kappa shape index (κ1) is 19.5. The second-order valence-electron chi connectivity index (χ2n) is 6.48. The lowest BCUT2D eigenvalue weighted by Gasteiger charge is -2.08. The van der Waals surface area contributed by atoms with E-state index in [1.807, 2.05) is 0 Å². The number of Topliss-reactive ketones (excluding diaryl/α,β-unsaturated/α-hetero) is 1. The first-order chi connectivity index (χ1) is 13.5. The van der Waals surface area contributed by atoms with Gasteiger partial charge < -0.3 is 15.0 Å². The molecule has 3 aromatic rings. The summed E-state index contributed by atoms with van der Waals surface area (Å²) >= 11 is 4.20. The van der Waals surface area contributed by atoms with Crippen LogP contribution >= 0.6 is 34.4 Å². The first-order valence-corrected chi connectivity index (χ1v) is 11.5. The number of carbonyl (C=O) groups is 1. The van der Waals surface area contributed by atoms with Crippen molar-refractivity contribution in [2.75, 3.05) is 18.5 Å². The number of nitrogens with zero attached hydrogens (tertiary/aromatic N) is 3. The normalized spacial score (nSPS) is 16.7. The van der Waals surface area contributed by atoms with Crippen LogP contribution in [0.2, 0.25) is 0 Å². The number of H-pyrrole nitrogens is 1. The second kappa shape index (κ2) is 8.27. The molecule has 1 aliphatic rings. The summed E-state index contributed by atoms with van der Waals surface area (Å²) in [5.41, 5.74) is 0.490. The standard InChI is InChI=1S/C17H19N5O3S3/c1-8-12-14(24)19-11(20-15(12)27-13(8)9(2)23)7-26-17-22-21-16(28-17)18-6-10-4-3-5-25-10/h10H,3-7H2,1-2H3,(H,18,21)(H,19,20,24)/t10-/m1/s1. The number of anilines is 1. The minimum Gasteiger partial charge on any atom is -0.376 e. The highest BCUT2D eigenvalue weighted by Gasteiger charge is 2.18. The number of rotatable bonds is 7. The van der Waals surface area contributed by atoms with Gasteiger partial charge >= 0.3 is 0 Å². The zero-order valence-corrected chi connectivity index (χ0v) is 17.9. The first-order valence-electron chi connectivity index (χ1n) is 8.86. The van der Waals surface area contributed by atoms with Crippen molar-refractivity contribution in [2.24, 2.45) is 0 Å². The molecule has 0 saturated carbocycles. The van der Waals surface area contributed by atoms with Crippen LogP contribution in [0.3, 0.4) is 0 Å². The van der Waals surface area contributed by atoms with Gasteiger partial charge in [-0.2, -0.15) is 0 Å². The lowest BCUT2D eigenvalue weighted by molar-refractivity contribution is 0.102. The number of ether oxygens (including phenoxy) is 1. The van der Waals surface area contributed by atoms with Crippen molar-refractivity contribution in [2.45, 2.75) is 42.9 Å². The van der Waals surface area contributed by atoms with Gasteiger partial charge in [0, 0.05) is 13.2 Å². The minimum atomic E-state index is -0.210. The maximum Gasteiger partial charge on any atom is 0.259 e. The summed E-state index contributed by atoms with van der Waals surface area (Å²) in [5, 5.41) is 12.8. The van der Waals surface area contributed by atoms with Gasteiger partial charge in [-0.05, 0) is 32.3 Å². The van der Waals surface area contributed by atoms with Crippen LogP contribution in [0.25, 0.3) is 10.2 Å². The number of thiophene rings is 1. The average molecular weight is 438 g/mol. The van der Waals surface area contributed by atoms with Gasteiger partial charge in [0.15, 0.2) is 10.1 Å². The molecule has 8 nitrogen and oxygen atoms in total. The fraction of sp³-hybridized carbons (Fsp3) is 0.471. The van der Waals surface area contributed by atoms with E-state index in [0.717, 1.165) is 35.5 Å². The molecule has 4 heterocycles. The lowest BCUT2D eigenvalue weighted by Crippen LogP contribution is -2.18. The number of hydrogen-bond donors (Lipinski definition) is 2. The van der Waals surface area contributed by atoms with Gasteiger partial charge in [-0.25, -0.2) is 4.98 Å². The molecule has 0 bridgehead atoms. The Kier molecular flexibility index (Phi) is 5.76. The molecule has 1 aliphatic heterocycles. The molecule has 11 heteroatoms. The molecule has 0 aromatic carbocycles. The predicted octanol–water partition coefficient (Wildman–Crippen LogP) is 3.23. The van der Waals surface area contributed by atoms with Crippen LogP contribution in [0.15, 0.2) is 9.13 Å². The summed E-state index contributed by atoms with van der Waals surface area (Å²) in [6.07, 6.45) is 2.43. The molecular formula is C17H19N5O3S3. The number of aryl methyl sites for hydroxylation is 1. The SMILES string of the molecule is CC(=O)c1sc2nc(CSc3nnc(NC[C@H]4CCCO4)s3)[nH]c(=O)c2c1C. The third-order valence-electron chi connectivity index (χ3n) is 4.41. The molecule has 28 heavy (non-hydrogen) atoms. The second-order valence-corrected chi connectivity index (χ2v) is 9.68. The highest BCUT2D eigenvalue weighted by molar-refractivity contribution is 8.00. The van der Waals surface area contributed by atoms with E-state index in [1.54, 1.807) is 6.92 Å². The molecular weight excluding hydrogens is 418 g/mol. The zero-order valence-electron chi connectivity index (χ0n) is 15.4. The summed E-state index contributed by atoms with van der Waals surface area (Å²) in [4.78, 5) is 32.7. The molecule has 4 rings (SSSR count). The maximum absolute atomic E-state index is 12.4. The zero-order chi connectivity index (χ0) is 19.7. The summed E-state index contributed by atoms with van der Waals surface area (Å²) in [7, 11) is 0. The van der Waals surface area contributed by atoms with Crippen molar-refractivity contribution in [3.05, 3.63) is 26.6 Å². The molecule has 0 aliphatic carbocycles. The Balaban J connectivity index is 1.42. The molecule has 0 amide bonds. The number of hydrogen-bond acceptors (Lipinski definition) is 10. The van der Waals surface area contributed by atoms with E-state index < -0.39 is 0 Å². The van der Waals surface area contributed by atoms with Crippen LogP contribution in [0, 0.1) is 6.92 Å². The average Bonchev–Trinajstić information content (AvgIpc) is 3.38. The molecule has 3 aromatic heterocycles. The number of ketones is 1. The molecule has 1 saturated heterocycles. The fourth-order valence-corrected chi connectivity index (χ4v) is 5.79. The number of fused-ring (bicyclic) bond motifs is 1. The van der Waals surface area contributed by atoms with Gasteiger partial charge in [0.25, 0.3) is 5.56 Å². The number of thioether (sulfide) groups is 1. The van der Waals surface area contributed by atoms with Gasteiger partial charge in [-0.15, -0.1) is 21.5 Å². The summed E-state index contributed by atoms with van der Waals surface area (Å²) in [6.45, 7) is 4.85. The number of aromatic amines is 1. The Hall–Kier alpha value is -1.82. The largest absolute Gasteiger partial charge is 0.376 e. The van der Waals surface area contributed by atoms with Crippen molar-refractivity contribution in [1.29, 1.82) is 0 Å². The predicted molar refractivity (Wildman–Crippen MR) is 112 cm³/mol. The smallest absolute Gasteiger partial charge is 0.259 e. The number of carbonyl (C=O) groups excluding carboxylic acids is 1. The highest BCUT2D eigenvalue weighted by Crippen LogP contribution is 2.30. The Morgan fingerprint density at radius 1 is 1.39 bits per heavy atom. The minimum absolute atomic E-state index is 0.0484. The van der Waals surface area contributed by atoms with Crippen LogP contribution in [-0.2, 0) is 10.5 Å². The van der Waals surface area contributed by atoms with Gasteiger partial charge in [-0.1, -0.05) is 23.1 Å². The Morgan fingerprint density at radius 3 is 3.00 bits per heavy atom. The van der Waals surface area contributed by atoms with E-state index in [-0.39, 0.29) is 17.4 Å². The molecule has 0 unspecified atom stereocenters.